The summed E-state index contributed by atoms with van der Waals surface area (Å²) in [6.45, 7) is 4.55. The molecule has 1 aromatic heterocycles. The lowest BCUT2D eigenvalue weighted by Gasteiger charge is -2.56. The van der Waals surface area contributed by atoms with E-state index in [2.05, 4.69) is 12.0 Å². The summed E-state index contributed by atoms with van der Waals surface area (Å²) in [5.74, 6) is 0.866. The maximum absolute atomic E-state index is 14.5. The molecule has 0 spiro atoms. The molecule has 0 saturated heterocycles. The highest BCUT2D eigenvalue weighted by Gasteiger charge is 2.72. The van der Waals surface area contributed by atoms with Gasteiger partial charge in [-0.2, -0.15) is 23.5 Å². The summed E-state index contributed by atoms with van der Waals surface area (Å²) < 4.78 is 50.7. The van der Waals surface area contributed by atoms with Crippen LogP contribution >= 0.6 is 0 Å². The van der Waals surface area contributed by atoms with Gasteiger partial charge in [0.05, 0.1) is 35.9 Å². The molecule has 5 fully saturated rings. The van der Waals surface area contributed by atoms with Gasteiger partial charge in [0, 0.05) is 18.7 Å². The highest BCUT2D eigenvalue weighted by atomic mass is 19.4. The predicted octanol–water partition coefficient (Wildman–Crippen LogP) is 5.58. The second-order valence-electron chi connectivity index (χ2n) is 12.7. The van der Waals surface area contributed by atoms with Crippen molar-refractivity contribution in [2.45, 2.75) is 89.6 Å². The van der Waals surface area contributed by atoms with Crippen molar-refractivity contribution >= 4 is 0 Å². The first-order valence-electron chi connectivity index (χ1n) is 13.9. The molecule has 5 aliphatic carbocycles. The third kappa shape index (κ3) is 3.59. The number of fused-ring (bicyclic) bond motifs is 7. The molecule has 1 aromatic rings. The average molecular weight is 506 g/mol. The monoisotopic (exact) mass is 505 g/mol. The number of alkyl halides is 3. The number of nitriles is 1. The fourth-order valence-electron chi connectivity index (χ4n) is 10.1. The summed E-state index contributed by atoms with van der Waals surface area (Å²) in [4.78, 5) is 0. The molecule has 6 rings (SSSR count). The van der Waals surface area contributed by atoms with Crippen LogP contribution in [-0.4, -0.2) is 39.4 Å². The minimum atomic E-state index is -4.30. The zero-order valence-corrected chi connectivity index (χ0v) is 21.3. The van der Waals surface area contributed by atoms with Crippen molar-refractivity contribution in [1.82, 2.24) is 9.78 Å². The second-order valence-corrected chi connectivity index (χ2v) is 12.7. The van der Waals surface area contributed by atoms with Gasteiger partial charge in [0.1, 0.15) is 6.07 Å². The van der Waals surface area contributed by atoms with E-state index in [1.807, 2.05) is 13.0 Å². The Morgan fingerprint density at radius 3 is 2.56 bits per heavy atom. The number of hydrogen-bond donors (Lipinski definition) is 1. The topological polar surface area (TPSA) is 71.1 Å². The van der Waals surface area contributed by atoms with Gasteiger partial charge in [0.25, 0.3) is 0 Å². The molecule has 0 aromatic carbocycles. The number of ether oxygens (including phenoxy) is 1. The van der Waals surface area contributed by atoms with Gasteiger partial charge in [-0.15, -0.1) is 0 Å². The van der Waals surface area contributed by atoms with Crippen LogP contribution in [0.3, 0.4) is 0 Å². The summed E-state index contributed by atoms with van der Waals surface area (Å²) in [6, 6.07) is 1.97. The number of hydrogen-bond acceptors (Lipinski definition) is 4. The van der Waals surface area contributed by atoms with Gasteiger partial charge in [-0.3, -0.25) is 4.68 Å². The Hall–Kier alpha value is -1.59. The first kappa shape index (κ1) is 24.7. The van der Waals surface area contributed by atoms with Gasteiger partial charge in [0.15, 0.2) is 0 Å². The van der Waals surface area contributed by atoms with E-state index in [1.165, 1.54) is 17.1 Å². The summed E-state index contributed by atoms with van der Waals surface area (Å²) in [5, 5.41) is 24.2. The molecule has 0 aliphatic heterocycles. The molecular formula is C28H38F3N3O2. The average Bonchev–Trinajstić information content (AvgIpc) is 3.13. The maximum Gasteiger partial charge on any atom is 0.393 e. The van der Waals surface area contributed by atoms with Crippen LogP contribution in [-0.2, 0) is 11.3 Å². The van der Waals surface area contributed by atoms with Gasteiger partial charge in [-0.25, -0.2) is 0 Å². The lowest BCUT2D eigenvalue weighted by atomic mass is 9.49. The molecule has 11 atom stereocenters. The van der Waals surface area contributed by atoms with Crippen LogP contribution in [0.15, 0.2) is 12.4 Å². The predicted molar refractivity (Wildman–Crippen MR) is 126 cm³/mol. The smallest absolute Gasteiger partial charge is 0.387 e. The Balaban J connectivity index is 1.21. The van der Waals surface area contributed by atoms with E-state index in [9.17, 15) is 18.3 Å². The Morgan fingerprint density at radius 1 is 1.14 bits per heavy atom. The maximum atomic E-state index is 14.5. The van der Waals surface area contributed by atoms with E-state index in [0.29, 0.717) is 48.2 Å². The van der Waals surface area contributed by atoms with Crippen molar-refractivity contribution in [3.05, 3.63) is 18.0 Å². The van der Waals surface area contributed by atoms with Crippen LogP contribution in [0.25, 0.3) is 0 Å². The van der Waals surface area contributed by atoms with Crippen LogP contribution in [0.5, 0.6) is 0 Å². The molecule has 5 aliphatic rings. The number of nitrogens with zero attached hydrogens (tertiary/aromatic N) is 3. The highest BCUT2D eigenvalue weighted by molar-refractivity contribution is 5.23. The summed E-state index contributed by atoms with van der Waals surface area (Å²) in [5.41, 5.74) is -0.656. The fraction of sp³-hybridized carbons (Fsp3) is 0.857. The van der Waals surface area contributed by atoms with Crippen LogP contribution in [0.1, 0.15) is 70.8 Å². The van der Waals surface area contributed by atoms with Crippen molar-refractivity contribution in [1.29, 1.82) is 5.26 Å². The van der Waals surface area contributed by atoms with Crippen molar-refractivity contribution < 1.29 is 23.0 Å². The van der Waals surface area contributed by atoms with Gasteiger partial charge >= 0.3 is 6.18 Å². The zero-order chi connectivity index (χ0) is 25.5. The first-order chi connectivity index (χ1) is 17.1. The molecule has 198 valence electrons. The van der Waals surface area contributed by atoms with Gasteiger partial charge < -0.3 is 9.84 Å². The Bertz CT molecular complexity index is 1040. The molecule has 0 bridgehead atoms. The second kappa shape index (κ2) is 8.46. The number of aliphatic hydroxyl groups is 1. The first-order valence-corrected chi connectivity index (χ1v) is 13.9. The third-order valence-electron chi connectivity index (χ3n) is 11.5. The largest absolute Gasteiger partial charge is 0.393 e. The molecule has 36 heavy (non-hydrogen) atoms. The normalized spacial score (nSPS) is 46.1. The minimum Gasteiger partial charge on any atom is -0.387 e. The molecule has 1 heterocycles. The number of aromatic nitrogens is 2. The van der Waals surface area contributed by atoms with Gasteiger partial charge in [0.2, 0.25) is 0 Å². The van der Waals surface area contributed by atoms with Crippen molar-refractivity contribution in [2.75, 3.05) is 6.61 Å². The molecular weight excluding hydrogens is 467 g/mol. The molecule has 1 unspecified atom stereocenters. The van der Waals surface area contributed by atoms with E-state index in [4.69, 9.17) is 10.00 Å². The van der Waals surface area contributed by atoms with Crippen molar-refractivity contribution in [2.24, 2.45) is 52.8 Å². The van der Waals surface area contributed by atoms with E-state index in [1.54, 1.807) is 0 Å². The molecule has 1 N–H and O–H groups in total. The number of rotatable bonds is 5. The lowest BCUT2D eigenvalue weighted by molar-refractivity contribution is -0.209. The highest BCUT2D eigenvalue weighted by Crippen LogP contribution is 2.70. The summed E-state index contributed by atoms with van der Waals surface area (Å²) in [6.07, 6.45) is 5.80. The van der Waals surface area contributed by atoms with E-state index in [-0.39, 0.29) is 24.0 Å². The van der Waals surface area contributed by atoms with E-state index in [0.717, 1.165) is 44.9 Å². The summed E-state index contributed by atoms with van der Waals surface area (Å²) >= 11 is 0. The van der Waals surface area contributed by atoms with Crippen LogP contribution < -0.4 is 0 Å². The van der Waals surface area contributed by atoms with Gasteiger partial charge in [-0.1, -0.05) is 6.92 Å². The van der Waals surface area contributed by atoms with Crippen LogP contribution in [0.2, 0.25) is 0 Å². The molecule has 0 radical (unpaired) electrons. The van der Waals surface area contributed by atoms with Crippen LogP contribution in [0, 0.1) is 64.1 Å². The minimum absolute atomic E-state index is 0.0184. The van der Waals surface area contributed by atoms with Crippen LogP contribution in [0.4, 0.5) is 13.2 Å². The van der Waals surface area contributed by atoms with Crippen molar-refractivity contribution in [3.8, 4) is 6.07 Å². The quantitative estimate of drug-likeness (QED) is 0.567. The SMILES string of the molecule is CCO[C@@H]1C2[C@H]3CC[C@@H]4[C@H](CC[C@]5(C)[C@@H]([C@H](Cn6cc(C#N)cn6)C(F)(F)F)CC[C@@H]45)[C@H]3CC[C@@]21O. The number of halogens is 3. The summed E-state index contributed by atoms with van der Waals surface area (Å²) in [7, 11) is 0. The Morgan fingerprint density at radius 2 is 1.86 bits per heavy atom. The van der Waals surface area contributed by atoms with Gasteiger partial charge in [-0.05, 0) is 99.2 Å². The third-order valence-corrected chi connectivity index (χ3v) is 11.5. The van der Waals surface area contributed by atoms with E-state index < -0.39 is 23.6 Å². The van der Waals surface area contributed by atoms with Crippen molar-refractivity contribution in [3.63, 3.8) is 0 Å². The zero-order valence-electron chi connectivity index (χ0n) is 21.3. The Kier molecular flexibility index (Phi) is 5.81. The molecule has 5 saturated carbocycles. The molecule has 8 heteroatoms. The Labute approximate surface area is 211 Å². The molecule has 0 amide bonds. The lowest BCUT2D eigenvalue weighted by Crippen LogP contribution is -2.51. The fourth-order valence-corrected chi connectivity index (χ4v) is 10.1. The molecule has 5 nitrogen and oxygen atoms in total. The standard InChI is InChI=1S/C28H38F3N3O2/c1-3-36-25-24-20-5-4-19-17(18(20)9-11-27(24,25)35)8-10-26(2)21(19)6-7-22(26)23(28(29,30)31)15-34-14-16(12-32)13-33-34/h13-14,17-25,35H,3-11,15H2,1-2H3/t17-,18-,19-,20+,21+,22-,23+,24?,25-,26+,27-/m1/s1. The van der Waals surface area contributed by atoms with E-state index >= 15 is 0 Å².